The minimum Gasteiger partial charge on any atom is -0.244 e. The van der Waals surface area contributed by atoms with Crippen molar-refractivity contribution in [1.82, 2.24) is 4.98 Å². The minimum absolute atomic E-state index is 0.530. The molecule has 22 heavy (non-hydrogen) atoms. The third-order valence-corrected chi connectivity index (χ3v) is 5.07. The number of benzene rings is 1. The maximum absolute atomic E-state index is 9.50. The highest BCUT2D eigenvalue weighted by molar-refractivity contribution is 9.10. The van der Waals surface area contributed by atoms with Gasteiger partial charge < -0.3 is 0 Å². The van der Waals surface area contributed by atoms with Gasteiger partial charge in [-0.3, -0.25) is 0 Å². The molecule has 1 aromatic heterocycles. The number of aromatic nitrogens is 1. The highest BCUT2D eigenvalue weighted by atomic mass is 79.9. The summed E-state index contributed by atoms with van der Waals surface area (Å²) < 4.78 is 0.675. The first-order valence-corrected chi connectivity index (χ1v) is 8.66. The summed E-state index contributed by atoms with van der Waals surface area (Å²) in [6.07, 6.45) is 6.31. The van der Waals surface area contributed by atoms with Crippen molar-refractivity contribution < 1.29 is 0 Å². The van der Waals surface area contributed by atoms with Crippen LogP contribution >= 0.6 is 15.9 Å². The van der Waals surface area contributed by atoms with E-state index in [1.54, 1.807) is 0 Å². The van der Waals surface area contributed by atoms with Crippen molar-refractivity contribution in [3.63, 3.8) is 0 Å². The second kappa shape index (κ2) is 6.62. The van der Waals surface area contributed by atoms with Crippen LogP contribution in [-0.4, -0.2) is 4.98 Å². The van der Waals surface area contributed by atoms with E-state index in [-0.39, 0.29) is 0 Å². The smallest absolute Gasteiger partial charge is 0.124 e. The zero-order chi connectivity index (χ0) is 15.5. The molecule has 1 fully saturated rings. The van der Waals surface area contributed by atoms with Crippen LogP contribution in [0.4, 0.5) is 0 Å². The summed E-state index contributed by atoms with van der Waals surface area (Å²) >= 11 is 3.50. The van der Waals surface area contributed by atoms with Gasteiger partial charge in [0.05, 0.1) is 5.56 Å². The van der Waals surface area contributed by atoms with Crippen LogP contribution in [0, 0.1) is 18.3 Å². The molecule has 0 atom stereocenters. The molecule has 0 bridgehead atoms. The van der Waals surface area contributed by atoms with Gasteiger partial charge in [-0.05, 0) is 47.3 Å². The van der Waals surface area contributed by atoms with E-state index in [9.17, 15) is 5.26 Å². The minimum atomic E-state index is 0.530. The van der Waals surface area contributed by atoms with Gasteiger partial charge in [0.25, 0.3) is 0 Å². The van der Waals surface area contributed by atoms with Gasteiger partial charge in [-0.2, -0.15) is 5.26 Å². The lowest BCUT2D eigenvalue weighted by molar-refractivity contribution is 0.436. The van der Waals surface area contributed by atoms with Crippen LogP contribution in [-0.2, 0) is 0 Å². The first kappa shape index (κ1) is 15.2. The lowest BCUT2D eigenvalue weighted by atomic mass is 9.85. The first-order chi connectivity index (χ1) is 10.7. The average Bonchev–Trinajstić information content (AvgIpc) is 2.55. The highest BCUT2D eigenvalue weighted by Gasteiger charge is 2.20. The molecular weight excluding hydrogens is 336 g/mol. The molecule has 3 rings (SSSR count). The fraction of sp³-hybridized carbons (Fsp3) is 0.368. The molecule has 1 heterocycles. The Labute approximate surface area is 140 Å². The lowest BCUT2D eigenvalue weighted by Crippen LogP contribution is -2.08. The highest BCUT2D eigenvalue weighted by Crippen LogP contribution is 2.36. The van der Waals surface area contributed by atoms with Crippen molar-refractivity contribution in [1.29, 1.82) is 5.26 Å². The Balaban J connectivity index is 2.08. The molecule has 0 amide bonds. The quantitative estimate of drug-likeness (QED) is 0.644. The summed E-state index contributed by atoms with van der Waals surface area (Å²) in [5, 5.41) is 9.50. The fourth-order valence-corrected chi connectivity index (χ4v) is 3.71. The molecule has 0 radical (unpaired) electrons. The Hall–Kier alpha value is -1.66. The van der Waals surface area contributed by atoms with Crippen LogP contribution < -0.4 is 0 Å². The number of aryl methyl sites for hydroxylation is 1. The second-order valence-electron chi connectivity index (χ2n) is 6.07. The van der Waals surface area contributed by atoms with E-state index in [1.165, 1.54) is 37.7 Å². The van der Waals surface area contributed by atoms with Gasteiger partial charge in [0.1, 0.15) is 10.7 Å². The van der Waals surface area contributed by atoms with Gasteiger partial charge in [-0.25, -0.2) is 4.98 Å². The third-order valence-electron chi connectivity index (χ3n) is 4.49. The molecule has 1 saturated carbocycles. The molecule has 0 N–H and O–H groups in total. The van der Waals surface area contributed by atoms with Crippen molar-refractivity contribution in [3.05, 3.63) is 51.8 Å². The van der Waals surface area contributed by atoms with Crippen LogP contribution in [0.3, 0.4) is 0 Å². The van der Waals surface area contributed by atoms with Crippen molar-refractivity contribution in [2.75, 3.05) is 0 Å². The van der Waals surface area contributed by atoms with E-state index in [0.717, 1.165) is 16.8 Å². The first-order valence-electron chi connectivity index (χ1n) is 7.86. The maximum Gasteiger partial charge on any atom is 0.124 e. The number of nitriles is 1. The molecule has 0 saturated heterocycles. The van der Waals surface area contributed by atoms with Crippen molar-refractivity contribution in [2.24, 2.45) is 0 Å². The van der Waals surface area contributed by atoms with E-state index >= 15 is 0 Å². The zero-order valence-corrected chi connectivity index (χ0v) is 14.4. The topological polar surface area (TPSA) is 36.7 Å². The van der Waals surface area contributed by atoms with Gasteiger partial charge in [0.15, 0.2) is 0 Å². The summed E-state index contributed by atoms with van der Waals surface area (Å²) in [4.78, 5) is 4.67. The van der Waals surface area contributed by atoms with Crippen LogP contribution in [0.2, 0.25) is 0 Å². The molecule has 0 aliphatic heterocycles. The summed E-state index contributed by atoms with van der Waals surface area (Å²) in [5.41, 5.74) is 5.06. The van der Waals surface area contributed by atoms with Gasteiger partial charge >= 0.3 is 0 Å². The molecule has 0 unspecified atom stereocenters. The maximum atomic E-state index is 9.50. The van der Waals surface area contributed by atoms with Gasteiger partial charge in [-0.15, -0.1) is 0 Å². The molecule has 1 aliphatic carbocycles. The Bertz CT molecular complexity index is 707. The standard InChI is InChI=1S/C19H19BrN2/c1-13-7-9-14(10-8-13)16-11-18(15-5-3-2-4-6-15)22-19(20)17(16)12-21/h7-11,15H,2-6H2,1H3. The summed E-state index contributed by atoms with van der Waals surface area (Å²) in [6, 6.07) is 12.8. The van der Waals surface area contributed by atoms with Crippen LogP contribution in [0.1, 0.15) is 54.8 Å². The van der Waals surface area contributed by atoms with E-state index in [4.69, 9.17) is 0 Å². The van der Waals surface area contributed by atoms with Gasteiger partial charge in [0, 0.05) is 17.2 Å². The van der Waals surface area contributed by atoms with Gasteiger partial charge in [0.2, 0.25) is 0 Å². The number of hydrogen-bond donors (Lipinski definition) is 0. The summed E-state index contributed by atoms with van der Waals surface area (Å²) in [6.45, 7) is 2.07. The Kier molecular flexibility index (Phi) is 4.59. The number of hydrogen-bond acceptors (Lipinski definition) is 2. The molecule has 112 valence electrons. The molecule has 3 heteroatoms. The number of rotatable bonds is 2. The van der Waals surface area contributed by atoms with Crippen molar-refractivity contribution in [2.45, 2.75) is 44.9 Å². The van der Waals surface area contributed by atoms with Crippen molar-refractivity contribution in [3.8, 4) is 17.2 Å². The SMILES string of the molecule is Cc1ccc(-c2cc(C3CCCCC3)nc(Br)c2C#N)cc1. The van der Waals surface area contributed by atoms with Gasteiger partial charge in [-0.1, -0.05) is 49.1 Å². The molecule has 2 nitrogen and oxygen atoms in total. The molecule has 1 aromatic carbocycles. The van der Waals surface area contributed by atoms with E-state index in [0.29, 0.717) is 16.1 Å². The second-order valence-corrected chi connectivity index (χ2v) is 6.82. The predicted molar refractivity (Wildman–Crippen MR) is 92.7 cm³/mol. The third kappa shape index (κ3) is 3.08. The molecule has 2 aromatic rings. The summed E-state index contributed by atoms with van der Waals surface area (Å²) in [5.74, 6) is 0.530. The molecule has 0 spiro atoms. The number of pyridine rings is 1. The normalized spacial score (nSPS) is 15.5. The Morgan fingerprint density at radius 2 is 1.82 bits per heavy atom. The van der Waals surface area contributed by atoms with Crippen LogP contribution in [0.5, 0.6) is 0 Å². The average molecular weight is 355 g/mol. The molecule has 1 aliphatic rings. The van der Waals surface area contributed by atoms with E-state index < -0.39 is 0 Å². The van der Waals surface area contributed by atoms with E-state index in [1.807, 2.05) is 0 Å². The Morgan fingerprint density at radius 1 is 1.14 bits per heavy atom. The zero-order valence-electron chi connectivity index (χ0n) is 12.8. The monoisotopic (exact) mass is 354 g/mol. The summed E-state index contributed by atoms with van der Waals surface area (Å²) in [7, 11) is 0. The largest absolute Gasteiger partial charge is 0.244 e. The number of halogens is 1. The van der Waals surface area contributed by atoms with Crippen LogP contribution in [0.25, 0.3) is 11.1 Å². The van der Waals surface area contributed by atoms with Crippen LogP contribution in [0.15, 0.2) is 34.9 Å². The fourth-order valence-electron chi connectivity index (χ4n) is 3.21. The van der Waals surface area contributed by atoms with E-state index in [2.05, 4.69) is 64.2 Å². The lowest BCUT2D eigenvalue weighted by Gasteiger charge is -2.22. The number of nitrogens with zero attached hydrogens (tertiary/aromatic N) is 2. The molecular formula is C19H19BrN2. The van der Waals surface area contributed by atoms with Crippen molar-refractivity contribution >= 4 is 15.9 Å². The Morgan fingerprint density at radius 3 is 2.45 bits per heavy atom. The predicted octanol–water partition coefficient (Wildman–Crippen LogP) is 5.74.